The molecule has 11 heteroatoms. The number of fused-ring (bicyclic) bond motifs is 1. The summed E-state index contributed by atoms with van der Waals surface area (Å²) >= 11 is 6.02. The Labute approximate surface area is 140 Å². The van der Waals surface area contributed by atoms with Crippen molar-refractivity contribution in [2.24, 2.45) is 0 Å². The van der Waals surface area contributed by atoms with E-state index >= 15 is 0 Å². The first-order chi connectivity index (χ1) is 11.1. The molecule has 1 aromatic heterocycles. The second-order valence-corrected chi connectivity index (χ2v) is 7.36. The smallest absolute Gasteiger partial charge is 0.432 e. The molecule has 6 nitrogen and oxygen atoms in total. The molecule has 1 atom stereocenters. The summed E-state index contributed by atoms with van der Waals surface area (Å²) in [5, 5.41) is 0.118. The van der Waals surface area contributed by atoms with Gasteiger partial charge in [-0.1, -0.05) is 11.6 Å². The zero-order chi connectivity index (χ0) is 17.7. The summed E-state index contributed by atoms with van der Waals surface area (Å²) in [5.74, 6) is -0.121. The standard InChI is InChI=1S/C13H11ClF3N3O3S/c1-6-2-7-3-8(4-9(14)11(7)23-6)24(21,22)20-12-18-5-10(19-12)13(15,16)17/h3-6H,2H2,1H3,(H2,18,19,20). The minimum Gasteiger partial charge on any atom is -0.489 e. The Morgan fingerprint density at radius 1 is 1.42 bits per heavy atom. The summed E-state index contributed by atoms with van der Waals surface area (Å²) in [6.45, 7) is 1.81. The number of aromatic amines is 1. The van der Waals surface area contributed by atoms with Crippen molar-refractivity contribution in [3.63, 3.8) is 0 Å². The largest absolute Gasteiger partial charge is 0.489 e. The Balaban J connectivity index is 1.91. The molecule has 0 spiro atoms. The molecule has 0 bridgehead atoms. The lowest BCUT2D eigenvalue weighted by molar-refractivity contribution is -0.140. The monoisotopic (exact) mass is 381 g/mol. The third kappa shape index (κ3) is 3.16. The number of hydrogen-bond acceptors (Lipinski definition) is 4. The normalized spacial score (nSPS) is 17.5. The number of benzene rings is 1. The van der Waals surface area contributed by atoms with E-state index in [0.717, 1.165) is 0 Å². The maximum atomic E-state index is 12.5. The van der Waals surface area contributed by atoms with Crippen LogP contribution in [0.5, 0.6) is 5.75 Å². The fraction of sp³-hybridized carbons (Fsp3) is 0.308. The van der Waals surface area contributed by atoms with Gasteiger partial charge in [0.1, 0.15) is 17.5 Å². The average Bonchev–Trinajstić information content (AvgIpc) is 3.03. The van der Waals surface area contributed by atoms with Crippen LogP contribution in [0.3, 0.4) is 0 Å². The molecule has 2 heterocycles. The number of hydrogen-bond donors (Lipinski definition) is 2. The van der Waals surface area contributed by atoms with Crippen LogP contribution in [0.4, 0.5) is 19.1 Å². The van der Waals surface area contributed by atoms with Crippen LogP contribution in [-0.2, 0) is 22.6 Å². The molecule has 0 amide bonds. The predicted octanol–water partition coefficient (Wildman–Crippen LogP) is 3.21. The highest BCUT2D eigenvalue weighted by atomic mass is 35.5. The molecule has 130 valence electrons. The molecular formula is C13H11ClF3N3O3S. The van der Waals surface area contributed by atoms with Gasteiger partial charge in [-0.25, -0.2) is 18.1 Å². The van der Waals surface area contributed by atoms with Crippen molar-refractivity contribution >= 4 is 27.6 Å². The molecule has 1 aromatic carbocycles. The van der Waals surface area contributed by atoms with Gasteiger partial charge in [-0.3, -0.25) is 0 Å². The van der Waals surface area contributed by atoms with Crippen molar-refractivity contribution < 1.29 is 26.3 Å². The molecule has 1 aliphatic rings. The van der Waals surface area contributed by atoms with Gasteiger partial charge < -0.3 is 9.72 Å². The molecule has 0 fully saturated rings. The van der Waals surface area contributed by atoms with Crippen LogP contribution in [0.1, 0.15) is 18.2 Å². The molecule has 1 unspecified atom stereocenters. The van der Waals surface area contributed by atoms with Crippen LogP contribution in [-0.4, -0.2) is 24.5 Å². The lowest BCUT2D eigenvalue weighted by Gasteiger charge is -2.09. The molecular weight excluding hydrogens is 371 g/mol. The van der Waals surface area contributed by atoms with E-state index in [0.29, 0.717) is 23.9 Å². The van der Waals surface area contributed by atoms with Crippen molar-refractivity contribution in [1.29, 1.82) is 0 Å². The van der Waals surface area contributed by atoms with Crippen molar-refractivity contribution in [2.75, 3.05) is 4.72 Å². The summed E-state index contributed by atoms with van der Waals surface area (Å²) in [4.78, 5) is 5.06. The number of aromatic nitrogens is 2. The Morgan fingerprint density at radius 3 is 2.75 bits per heavy atom. The average molecular weight is 382 g/mol. The molecule has 2 N–H and O–H groups in total. The third-order valence-electron chi connectivity index (χ3n) is 3.34. The first-order valence-electron chi connectivity index (χ1n) is 6.70. The zero-order valence-electron chi connectivity index (χ0n) is 12.1. The van der Waals surface area contributed by atoms with Gasteiger partial charge in [-0.15, -0.1) is 0 Å². The summed E-state index contributed by atoms with van der Waals surface area (Å²) in [5.41, 5.74) is -0.541. The SMILES string of the molecule is CC1Cc2cc(S(=O)(=O)Nc3ncc(C(F)(F)F)[nH]3)cc(Cl)c2O1. The van der Waals surface area contributed by atoms with E-state index in [9.17, 15) is 21.6 Å². The number of alkyl halides is 3. The number of imidazole rings is 1. The molecule has 24 heavy (non-hydrogen) atoms. The molecule has 1 aliphatic heterocycles. The van der Waals surface area contributed by atoms with Gasteiger partial charge in [0.05, 0.1) is 16.1 Å². The van der Waals surface area contributed by atoms with Gasteiger partial charge in [0.25, 0.3) is 10.0 Å². The van der Waals surface area contributed by atoms with E-state index < -0.39 is 27.8 Å². The molecule has 3 rings (SSSR count). The molecule has 2 aromatic rings. The lowest BCUT2D eigenvalue weighted by atomic mass is 10.1. The topological polar surface area (TPSA) is 84.1 Å². The van der Waals surface area contributed by atoms with E-state index in [1.54, 1.807) is 0 Å². The number of anilines is 1. The minimum atomic E-state index is -4.65. The number of ether oxygens (including phenoxy) is 1. The van der Waals surface area contributed by atoms with Crippen LogP contribution in [0, 0.1) is 0 Å². The second kappa shape index (κ2) is 5.55. The Morgan fingerprint density at radius 2 is 2.12 bits per heavy atom. The van der Waals surface area contributed by atoms with Crippen molar-refractivity contribution in [2.45, 2.75) is 30.5 Å². The highest BCUT2D eigenvalue weighted by Crippen LogP contribution is 2.38. The first kappa shape index (κ1) is 16.9. The van der Waals surface area contributed by atoms with Gasteiger partial charge in [0.15, 0.2) is 0 Å². The number of H-pyrrole nitrogens is 1. The fourth-order valence-electron chi connectivity index (χ4n) is 2.32. The van der Waals surface area contributed by atoms with E-state index in [4.69, 9.17) is 16.3 Å². The number of rotatable bonds is 3. The van der Waals surface area contributed by atoms with Crippen LogP contribution in [0.15, 0.2) is 23.2 Å². The number of nitrogens with one attached hydrogen (secondary N) is 2. The van der Waals surface area contributed by atoms with Crippen LogP contribution >= 0.6 is 11.6 Å². The van der Waals surface area contributed by atoms with E-state index in [-0.39, 0.29) is 16.0 Å². The van der Waals surface area contributed by atoms with Crippen LogP contribution in [0.2, 0.25) is 5.02 Å². The Kier molecular flexibility index (Phi) is 3.91. The molecule has 0 saturated heterocycles. The fourth-order valence-corrected chi connectivity index (χ4v) is 3.71. The highest BCUT2D eigenvalue weighted by Gasteiger charge is 2.33. The number of halogens is 4. The highest BCUT2D eigenvalue weighted by molar-refractivity contribution is 7.92. The van der Waals surface area contributed by atoms with Gasteiger partial charge in [0.2, 0.25) is 5.95 Å². The maximum Gasteiger partial charge on any atom is 0.432 e. The summed E-state index contributed by atoms with van der Waals surface area (Å²) in [6.07, 6.45) is -3.80. The van der Waals surface area contributed by atoms with E-state index in [1.165, 1.54) is 12.1 Å². The predicted molar refractivity (Wildman–Crippen MR) is 79.6 cm³/mol. The first-order valence-corrected chi connectivity index (χ1v) is 8.56. The van der Waals surface area contributed by atoms with Gasteiger partial charge in [0, 0.05) is 12.0 Å². The van der Waals surface area contributed by atoms with E-state index in [1.807, 2.05) is 16.6 Å². The van der Waals surface area contributed by atoms with Crippen LogP contribution < -0.4 is 9.46 Å². The van der Waals surface area contributed by atoms with Gasteiger partial charge in [-0.2, -0.15) is 13.2 Å². The molecule has 0 radical (unpaired) electrons. The minimum absolute atomic E-state index is 0.118. The molecule has 0 aliphatic carbocycles. The summed E-state index contributed by atoms with van der Waals surface area (Å²) < 4.78 is 69.7. The number of nitrogens with zero attached hydrogens (tertiary/aromatic N) is 1. The third-order valence-corrected chi connectivity index (χ3v) is 4.94. The van der Waals surface area contributed by atoms with E-state index in [2.05, 4.69) is 4.98 Å². The lowest BCUT2D eigenvalue weighted by Crippen LogP contribution is -2.14. The Bertz CT molecular complexity index is 896. The van der Waals surface area contributed by atoms with Gasteiger partial charge in [-0.05, 0) is 19.1 Å². The van der Waals surface area contributed by atoms with Crippen molar-refractivity contribution in [3.8, 4) is 5.75 Å². The summed E-state index contributed by atoms with van der Waals surface area (Å²) in [6, 6.07) is 2.55. The second-order valence-electron chi connectivity index (χ2n) is 5.27. The molecule has 0 saturated carbocycles. The number of sulfonamides is 1. The van der Waals surface area contributed by atoms with Crippen molar-refractivity contribution in [3.05, 3.63) is 34.6 Å². The van der Waals surface area contributed by atoms with Gasteiger partial charge >= 0.3 is 6.18 Å². The Hall–Kier alpha value is -1.94. The quantitative estimate of drug-likeness (QED) is 0.855. The zero-order valence-corrected chi connectivity index (χ0v) is 13.7. The maximum absolute atomic E-state index is 12.5. The summed E-state index contributed by atoms with van der Waals surface area (Å²) in [7, 11) is -4.16. The van der Waals surface area contributed by atoms with Crippen LogP contribution in [0.25, 0.3) is 0 Å². The van der Waals surface area contributed by atoms with Crippen molar-refractivity contribution in [1.82, 2.24) is 9.97 Å².